The number of likely N-dealkylation sites (tertiary alicyclic amines) is 1. The Balaban J connectivity index is 0.000000429. The van der Waals surface area contributed by atoms with Crippen LogP contribution < -0.4 is 5.43 Å². The van der Waals surface area contributed by atoms with Crippen LogP contribution in [0.5, 0.6) is 11.5 Å². The highest BCUT2D eigenvalue weighted by atomic mass is 35.5. The maximum absolute atomic E-state index is 12.7. The van der Waals surface area contributed by atoms with Crippen LogP contribution in [0.25, 0.3) is 22.3 Å². The summed E-state index contributed by atoms with van der Waals surface area (Å²) in [5, 5.41) is 38.6. The first kappa shape index (κ1) is 26.3. The van der Waals surface area contributed by atoms with Crippen molar-refractivity contribution in [3.8, 4) is 22.8 Å². The van der Waals surface area contributed by atoms with Gasteiger partial charge in [-0.05, 0) is 32.1 Å². The number of aliphatic carboxylic acids is 1. The van der Waals surface area contributed by atoms with Gasteiger partial charge in [-0.2, -0.15) is 13.2 Å². The van der Waals surface area contributed by atoms with Gasteiger partial charge in [-0.3, -0.25) is 4.79 Å². The molecule has 0 spiro atoms. The molecule has 188 valence electrons. The van der Waals surface area contributed by atoms with Crippen LogP contribution in [0.2, 0.25) is 5.15 Å². The Kier molecular flexibility index (Phi) is 7.58. The van der Waals surface area contributed by atoms with E-state index in [4.69, 9.17) is 25.9 Å². The van der Waals surface area contributed by atoms with Crippen LogP contribution in [0.3, 0.4) is 0 Å². The molecule has 3 heterocycles. The SMILES string of the molecule is CN1CC[C@H](c2c(O)cc(O)c3c(=O)cc(-c4cccnc4Cl)oc23)[C@H](O)C1.O=C(O)C(F)(F)F. The fourth-order valence-corrected chi connectivity index (χ4v) is 4.02. The molecule has 1 saturated heterocycles. The molecule has 0 unspecified atom stereocenters. The summed E-state index contributed by atoms with van der Waals surface area (Å²) in [6.45, 7) is 1.13. The Morgan fingerprint density at radius 1 is 1.26 bits per heavy atom. The lowest BCUT2D eigenvalue weighted by molar-refractivity contribution is -0.192. The van der Waals surface area contributed by atoms with Crippen LogP contribution in [0.4, 0.5) is 13.2 Å². The number of aliphatic hydroxyl groups excluding tert-OH is 1. The number of phenols is 2. The van der Waals surface area contributed by atoms with E-state index in [2.05, 4.69) is 4.98 Å². The van der Waals surface area contributed by atoms with Gasteiger partial charge in [0.25, 0.3) is 0 Å². The van der Waals surface area contributed by atoms with Gasteiger partial charge in [-0.25, -0.2) is 9.78 Å². The molecule has 1 aliphatic rings. The molecular weight excluding hydrogens is 497 g/mol. The second-order valence-electron chi connectivity index (χ2n) is 7.88. The number of rotatable bonds is 2. The number of phenolic OH excluding ortho intramolecular Hbond substituents is 2. The molecule has 0 saturated carbocycles. The zero-order chi connectivity index (χ0) is 26.1. The molecule has 1 aromatic carbocycles. The maximum Gasteiger partial charge on any atom is 0.490 e. The van der Waals surface area contributed by atoms with Gasteiger partial charge in [0.2, 0.25) is 0 Å². The Morgan fingerprint density at radius 3 is 2.49 bits per heavy atom. The van der Waals surface area contributed by atoms with Crippen molar-refractivity contribution in [2.75, 3.05) is 20.1 Å². The number of aliphatic hydroxyl groups is 1. The van der Waals surface area contributed by atoms with Gasteiger partial charge in [-0.15, -0.1) is 0 Å². The molecular formula is C22H20ClF3N2O7. The van der Waals surface area contributed by atoms with Crippen molar-refractivity contribution >= 4 is 28.5 Å². The molecule has 0 aliphatic carbocycles. The number of hydrogen-bond acceptors (Lipinski definition) is 8. The summed E-state index contributed by atoms with van der Waals surface area (Å²) >= 11 is 6.14. The van der Waals surface area contributed by atoms with Crippen LogP contribution in [0.15, 0.2) is 39.7 Å². The molecule has 0 radical (unpaired) electrons. The third kappa shape index (κ3) is 5.66. The number of nitrogens with zero attached hydrogens (tertiary/aromatic N) is 2. The zero-order valence-corrected chi connectivity index (χ0v) is 18.8. The summed E-state index contributed by atoms with van der Waals surface area (Å²) < 4.78 is 37.7. The van der Waals surface area contributed by atoms with E-state index >= 15 is 0 Å². The minimum absolute atomic E-state index is 0.0392. The Labute approximate surface area is 200 Å². The summed E-state index contributed by atoms with van der Waals surface area (Å²) in [5.41, 5.74) is 0.305. The van der Waals surface area contributed by atoms with E-state index in [1.807, 2.05) is 11.9 Å². The zero-order valence-electron chi connectivity index (χ0n) is 18.1. The predicted molar refractivity (Wildman–Crippen MR) is 119 cm³/mol. The van der Waals surface area contributed by atoms with Crippen molar-refractivity contribution in [1.29, 1.82) is 0 Å². The summed E-state index contributed by atoms with van der Waals surface area (Å²) in [6.07, 6.45) is -3.76. The highest BCUT2D eigenvalue weighted by Crippen LogP contribution is 2.42. The lowest BCUT2D eigenvalue weighted by Crippen LogP contribution is -2.40. The Morgan fingerprint density at radius 2 is 1.91 bits per heavy atom. The average molecular weight is 517 g/mol. The molecule has 9 nitrogen and oxygen atoms in total. The first-order valence-corrected chi connectivity index (χ1v) is 10.5. The number of β-amino-alcohol motifs (C(OH)–C–C–N with tert-alkyl or cyclic N) is 1. The molecule has 1 aliphatic heterocycles. The standard InChI is InChI=1S/C20H19ClN2O5.C2HF3O2/c1-23-6-4-10(15(27)9-23)17-12(24)7-13(25)18-14(26)8-16(28-19(17)18)11-3-2-5-22-20(11)21;3-2(4,5)1(6)7/h2-3,5,7-8,10,15,24-25,27H,4,6,9H2,1H3;(H,6,7)/t10-,15+;/m0./s1. The minimum atomic E-state index is -5.08. The van der Waals surface area contributed by atoms with E-state index in [-0.39, 0.29) is 33.4 Å². The van der Waals surface area contributed by atoms with Gasteiger partial charge in [-0.1, -0.05) is 11.6 Å². The second kappa shape index (κ2) is 10.1. The third-order valence-electron chi connectivity index (χ3n) is 5.42. The number of benzene rings is 1. The van der Waals surface area contributed by atoms with Gasteiger partial charge in [0, 0.05) is 36.4 Å². The normalized spacial score (nSPS) is 18.7. The van der Waals surface area contributed by atoms with Gasteiger partial charge >= 0.3 is 12.1 Å². The number of alkyl halides is 3. The topological polar surface area (TPSA) is 144 Å². The Bertz CT molecular complexity index is 1310. The molecule has 13 heteroatoms. The lowest BCUT2D eigenvalue weighted by Gasteiger charge is -2.34. The van der Waals surface area contributed by atoms with E-state index in [0.717, 1.165) is 6.07 Å². The van der Waals surface area contributed by atoms with Gasteiger partial charge in [0.15, 0.2) is 5.43 Å². The molecule has 0 amide bonds. The molecule has 0 bridgehead atoms. The van der Waals surface area contributed by atoms with E-state index in [0.29, 0.717) is 30.6 Å². The quantitative estimate of drug-likeness (QED) is 0.377. The largest absolute Gasteiger partial charge is 0.507 e. The van der Waals surface area contributed by atoms with Crippen LogP contribution in [-0.4, -0.2) is 68.7 Å². The van der Waals surface area contributed by atoms with Crippen molar-refractivity contribution in [2.45, 2.75) is 24.6 Å². The number of likely N-dealkylation sites (N-methyl/N-ethyl adjacent to an activating group) is 1. The highest BCUT2D eigenvalue weighted by molar-refractivity contribution is 6.32. The van der Waals surface area contributed by atoms with E-state index in [9.17, 15) is 33.3 Å². The number of halogens is 4. The van der Waals surface area contributed by atoms with Crippen LogP contribution in [0, 0.1) is 0 Å². The molecule has 4 rings (SSSR count). The van der Waals surface area contributed by atoms with Crippen molar-refractivity contribution in [3.05, 3.63) is 51.4 Å². The molecule has 3 aromatic rings. The lowest BCUT2D eigenvalue weighted by atomic mass is 9.85. The van der Waals surface area contributed by atoms with Crippen molar-refractivity contribution in [1.82, 2.24) is 9.88 Å². The number of aromatic nitrogens is 1. The van der Waals surface area contributed by atoms with Crippen LogP contribution in [0.1, 0.15) is 17.9 Å². The molecule has 1 fully saturated rings. The summed E-state index contributed by atoms with van der Waals surface area (Å²) in [6, 6.07) is 5.67. The molecule has 35 heavy (non-hydrogen) atoms. The fourth-order valence-electron chi connectivity index (χ4n) is 3.81. The second-order valence-corrected chi connectivity index (χ2v) is 8.23. The number of carbonyl (C=O) groups is 1. The fraction of sp³-hybridized carbons (Fsp3) is 0.318. The number of aromatic hydroxyl groups is 2. The number of carboxylic acid groups (broad SMARTS) is 1. The summed E-state index contributed by atoms with van der Waals surface area (Å²) in [7, 11) is 1.90. The smallest absolute Gasteiger partial charge is 0.490 e. The first-order valence-electron chi connectivity index (χ1n) is 10.1. The van der Waals surface area contributed by atoms with Gasteiger partial charge in [0.1, 0.15) is 33.4 Å². The van der Waals surface area contributed by atoms with Crippen LogP contribution in [-0.2, 0) is 4.79 Å². The number of carboxylic acids is 1. The van der Waals surface area contributed by atoms with Crippen molar-refractivity contribution in [2.24, 2.45) is 0 Å². The monoisotopic (exact) mass is 516 g/mol. The summed E-state index contributed by atoms with van der Waals surface area (Å²) in [5.74, 6) is -3.63. The van der Waals surface area contributed by atoms with Gasteiger partial charge < -0.3 is 29.7 Å². The van der Waals surface area contributed by atoms with E-state index < -0.39 is 29.6 Å². The molecule has 2 atom stereocenters. The Hall–Kier alpha value is -3.35. The number of hydrogen-bond donors (Lipinski definition) is 4. The number of pyridine rings is 1. The number of fused-ring (bicyclic) bond motifs is 1. The maximum atomic E-state index is 12.7. The highest BCUT2D eigenvalue weighted by Gasteiger charge is 2.38. The van der Waals surface area contributed by atoms with Crippen LogP contribution >= 0.6 is 11.6 Å². The molecule has 4 N–H and O–H groups in total. The summed E-state index contributed by atoms with van der Waals surface area (Å²) in [4.78, 5) is 27.6. The van der Waals surface area contributed by atoms with E-state index in [1.165, 1.54) is 12.3 Å². The minimum Gasteiger partial charge on any atom is -0.507 e. The predicted octanol–water partition coefficient (Wildman–Crippen LogP) is 3.33. The number of piperidine rings is 1. The van der Waals surface area contributed by atoms with Crippen molar-refractivity contribution in [3.63, 3.8) is 0 Å². The van der Waals surface area contributed by atoms with E-state index in [1.54, 1.807) is 12.1 Å². The molecule has 2 aromatic heterocycles. The third-order valence-corrected chi connectivity index (χ3v) is 5.72. The van der Waals surface area contributed by atoms with Crippen molar-refractivity contribution < 1.29 is 42.8 Å². The van der Waals surface area contributed by atoms with Gasteiger partial charge in [0.05, 0.1) is 11.7 Å². The first-order chi connectivity index (χ1) is 16.3. The average Bonchev–Trinajstić information content (AvgIpc) is 2.74.